The molecule has 0 aliphatic carbocycles. The van der Waals surface area contributed by atoms with Crippen molar-refractivity contribution in [3.8, 4) is 0 Å². The van der Waals surface area contributed by atoms with E-state index in [1.807, 2.05) is 0 Å². The lowest BCUT2D eigenvalue weighted by Crippen LogP contribution is -2.69. The van der Waals surface area contributed by atoms with Crippen LogP contribution in [0.4, 0.5) is 0 Å². The van der Waals surface area contributed by atoms with Gasteiger partial charge in [0.15, 0.2) is 27.1 Å². The summed E-state index contributed by atoms with van der Waals surface area (Å²) in [7, 11) is -6.43. The first kappa shape index (κ1) is 20.7. The zero-order valence-corrected chi connectivity index (χ0v) is 19.5. The Hall–Kier alpha value is 0.708. The van der Waals surface area contributed by atoms with Crippen molar-refractivity contribution >= 4 is 36.1 Å². The van der Waals surface area contributed by atoms with Gasteiger partial charge in [0.05, 0.1) is 0 Å². The second-order valence-electron chi connectivity index (χ2n) is 6.62. The van der Waals surface area contributed by atoms with Crippen LogP contribution in [0, 0.1) is 0 Å². The Balaban J connectivity index is 5.64. The second-order valence-corrected chi connectivity index (χ2v) is 17.3. The third kappa shape index (κ3) is 6.65. The molecule has 0 aliphatic heterocycles. The molecule has 4 nitrogen and oxygen atoms in total. The summed E-state index contributed by atoms with van der Waals surface area (Å²) in [6.45, 7) is 22.1. The standard InChI is InChI=1S/C12H35NO3Si4/c1-11(2)13(12(3)4)20(14-17(5)6,15-18(7)8)16-19(9)10/h11-12,17-19H,1-10H3. The molecule has 8 heteroatoms. The number of nitrogens with zero attached hydrogens (tertiary/aromatic N) is 1. The Morgan fingerprint density at radius 3 is 1.05 bits per heavy atom. The molecular weight excluding hydrogens is 318 g/mol. The summed E-state index contributed by atoms with van der Waals surface area (Å²) in [5.41, 5.74) is 0. The predicted octanol–water partition coefficient (Wildman–Crippen LogP) is 2.54. The molecule has 0 bridgehead atoms. The smallest absolute Gasteiger partial charge is 0.408 e. The molecule has 0 aromatic heterocycles. The van der Waals surface area contributed by atoms with Gasteiger partial charge in [-0.05, 0) is 39.3 Å². The molecule has 0 aromatic rings. The first-order valence-corrected chi connectivity index (χ1v) is 17.8. The zero-order valence-electron chi connectivity index (χ0n) is 15.1. The predicted molar refractivity (Wildman–Crippen MR) is 97.8 cm³/mol. The highest BCUT2D eigenvalue weighted by molar-refractivity contribution is 6.78. The van der Waals surface area contributed by atoms with Gasteiger partial charge in [-0.3, -0.25) is 4.57 Å². The van der Waals surface area contributed by atoms with Crippen molar-refractivity contribution in [3.63, 3.8) is 0 Å². The highest BCUT2D eigenvalue weighted by Crippen LogP contribution is 2.24. The van der Waals surface area contributed by atoms with Crippen LogP contribution in [-0.4, -0.2) is 52.7 Å². The Morgan fingerprint density at radius 1 is 0.650 bits per heavy atom. The van der Waals surface area contributed by atoms with Crippen molar-refractivity contribution in [2.75, 3.05) is 0 Å². The van der Waals surface area contributed by atoms with Crippen molar-refractivity contribution in [1.29, 1.82) is 0 Å². The number of hydrogen-bond donors (Lipinski definition) is 0. The van der Waals surface area contributed by atoms with E-state index < -0.39 is 36.1 Å². The van der Waals surface area contributed by atoms with Gasteiger partial charge >= 0.3 is 8.97 Å². The fourth-order valence-corrected chi connectivity index (χ4v) is 14.4. The molecule has 0 saturated heterocycles. The molecular formula is C12H35NO3Si4. The van der Waals surface area contributed by atoms with E-state index in [2.05, 4.69) is 71.5 Å². The van der Waals surface area contributed by atoms with Crippen molar-refractivity contribution in [2.45, 2.75) is 79.1 Å². The normalized spacial score (nSPS) is 13.8. The van der Waals surface area contributed by atoms with Gasteiger partial charge in [-0.25, -0.2) is 0 Å². The van der Waals surface area contributed by atoms with Crippen LogP contribution < -0.4 is 0 Å². The van der Waals surface area contributed by atoms with Crippen molar-refractivity contribution in [3.05, 3.63) is 0 Å². The fourth-order valence-electron chi connectivity index (χ4n) is 2.39. The maximum atomic E-state index is 6.47. The van der Waals surface area contributed by atoms with Gasteiger partial charge in [-0.1, -0.05) is 27.7 Å². The van der Waals surface area contributed by atoms with Crippen LogP contribution in [0.5, 0.6) is 0 Å². The Kier molecular flexibility index (Phi) is 9.30. The topological polar surface area (TPSA) is 30.9 Å². The van der Waals surface area contributed by atoms with E-state index in [1.54, 1.807) is 0 Å². The van der Waals surface area contributed by atoms with Gasteiger partial charge in [-0.2, -0.15) is 0 Å². The largest absolute Gasteiger partial charge is 0.567 e. The maximum absolute atomic E-state index is 6.47. The first-order chi connectivity index (χ1) is 9.01. The molecule has 0 fully saturated rings. The number of rotatable bonds is 9. The summed E-state index contributed by atoms with van der Waals surface area (Å²) in [5, 5.41) is 0. The summed E-state index contributed by atoms with van der Waals surface area (Å²) in [4.78, 5) is 0. The van der Waals surface area contributed by atoms with Crippen LogP contribution in [0.15, 0.2) is 0 Å². The average molecular weight is 354 g/mol. The lowest BCUT2D eigenvalue weighted by atomic mass is 10.3. The molecule has 0 aromatic carbocycles. The molecule has 0 radical (unpaired) electrons. The van der Waals surface area contributed by atoms with E-state index >= 15 is 0 Å². The first-order valence-electron chi connectivity index (χ1n) is 7.83. The maximum Gasteiger partial charge on any atom is 0.567 e. The fraction of sp³-hybridized carbons (Fsp3) is 1.00. The molecule has 0 amide bonds. The van der Waals surface area contributed by atoms with Crippen molar-refractivity contribution in [1.82, 2.24) is 4.57 Å². The van der Waals surface area contributed by atoms with E-state index in [0.29, 0.717) is 12.1 Å². The Labute approximate surface area is 132 Å². The molecule has 0 aliphatic rings. The molecule has 0 saturated carbocycles. The zero-order chi connectivity index (χ0) is 16.1. The quantitative estimate of drug-likeness (QED) is 0.596. The van der Waals surface area contributed by atoms with E-state index in [-0.39, 0.29) is 0 Å². The monoisotopic (exact) mass is 353 g/mol. The van der Waals surface area contributed by atoms with Gasteiger partial charge < -0.3 is 12.3 Å². The Bertz CT molecular complexity index is 241. The van der Waals surface area contributed by atoms with Gasteiger partial charge in [-0.15, -0.1) is 0 Å². The molecule has 0 spiro atoms. The summed E-state index contributed by atoms with van der Waals surface area (Å²) in [6.07, 6.45) is 0. The minimum atomic E-state index is -2.72. The highest BCUT2D eigenvalue weighted by Gasteiger charge is 2.52. The van der Waals surface area contributed by atoms with Gasteiger partial charge in [0.1, 0.15) is 0 Å². The molecule has 0 atom stereocenters. The second kappa shape index (κ2) is 8.98. The number of hydrogen-bond acceptors (Lipinski definition) is 4. The minimum Gasteiger partial charge on any atom is -0.408 e. The third-order valence-corrected chi connectivity index (χ3v) is 13.5. The average Bonchev–Trinajstić information content (AvgIpc) is 2.10. The SMILES string of the molecule is CC(C)N(C(C)C)[Si](O[SiH](C)C)(O[SiH](C)C)O[SiH](C)C. The minimum absolute atomic E-state index is 0.370. The van der Waals surface area contributed by atoms with Crippen LogP contribution in [0.1, 0.15) is 27.7 Å². The summed E-state index contributed by atoms with van der Waals surface area (Å²) < 4.78 is 21.8. The van der Waals surface area contributed by atoms with Crippen LogP contribution in [0.25, 0.3) is 0 Å². The van der Waals surface area contributed by atoms with Crippen LogP contribution in [-0.2, 0) is 12.3 Å². The highest BCUT2D eigenvalue weighted by atomic mass is 28.5. The van der Waals surface area contributed by atoms with Crippen LogP contribution in [0.2, 0.25) is 39.3 Å². The third-order valence-electron chi connectivity index (χ3n) is 2.58. The molecule has 0 N–H and O–H groups in total. The van der Waals surface area contributed by atoms with Crippen molar-refractivity contribution in [2.24, 2.45) is 0 Å². The van der Waals surface area contributed by atoms with Crippen LogP contribution in [0.3, 0.4) is 0 Å². The summed E-state index contributed by atoms with van der Waals surface area (Å²) in [5.74, 6) is 0. The molecule has 0 heterocycles. The summed E-state index contributed by atoms with van der Waals surface area (Å²) in [6, 6.07) is 0.741. The van der Waals surface area contributed by atoms with Gasteiger partial charge in [0.2, 0.25) is 0 Å². The van der Waals surface area contributed by atoms with E-state index in [4.69, 9.17) is 12.3 Å². The molecule has 0 rings (SSSR count). The summed E-state index contributed by atoms with van der Waals surface area (Å²) >= 11 is 0. The van der Waals surface area contributed by atoms with E-state index in [9.17, 15) is 0 Å². The van der Waals surface area contributed by atoms with E-state index in [0.717, 1.165) is 0 Å². The van der Waals surface area contributed by atoms with Crippen LogP contribution >= 0.6 is 0 Å². The lowest BCUT2D eigenvalue weighted by Gasteiger charge is -2.46. The Morgan fingerprint density at radius 2 is 0.900 bits per heavy atom. The van der Waals surface area contributed by atoms with Crippen molar-refractivity contribution < 1.29 is 12.3 Å². The molecule has 20 heavy (non-hydrogen) atoms. The molecule has 0 unspecified atom stereocenters. The van der Waals surface area contributed by atoms with Gasteiger partial charge in [0.25, 0.3) is 0 Å². The van der Waals surface area contributed by atoms with Gasteiger partial charge in [0, 0.05) is 12.1 Å². The van der Waals surface area contributed by atoms with E-state index in [1.165, 1.54) is 0 Å². The molecule has 122 valence electrons. The lowest BCUT2D eigenvalue weighted by molar-refractivity contribution is 0.121.